The Morgan fingerprint density at radius 2 is 0.706 bits per heavy atom. The van der Waals surface area contributed by atoms with Crippen LogP contribution in [0.5, 0.6) is 0 Å². The van der Waals surface area contributed by atoms with Gasteiger partial charge in [-0.05, 0) is 71.9 Å². The number of hydrogen-bond donors (Lipinski definition) is 0. The van der Waals surface area contributed by atoms with Crippen LogP contribution in [0.2, 0.25) is 0 Å². The molecule has 0 aromatic heterocycles. The van der Waals surface area contributed by atoms with Crippen LogP contribution in [0.25, 0.3) is 0 Å². The topological polar surface area (TPSA) is 34.1 Å². The van der Waals surface area contributed by atoms with Crippen molar-refractivity contribution in [3.05, 3.63) is 179 Å². The lowest BCUT2D eigenvalue weighted by molar-refractivity contribution is 0.351. The molecule has 0 amide bonds. The van der Waals surface area contributed by atoms with E-state index in [4.69, 9.17) is 0 Å². The van der Waals surface area contributed by atoms with Crippen LogP contribution >= 0.6 is 14.3 Å². The molecule has 0 fully saturated rings. The van der Waals surface area contributed by atoms with Gasteiger partial charge in [0.05, 0.1) is 0 Å². The molecular formula is C47H46O2P2. The Labute approximate surface area is 303 Å². The van der Waals surface area contributed by atoms with Gasteiger partial charge in [0.15, 0.2) is 14.3 Å². The quantitative estimate of drug-likeness (QED) is 0.162. The fourth-order valence-corrected chi connectivity index (χ4v) is 15.9. The molecule has 0 aliphatic heterocycles. The maximum Gasteiger partial charge on any atom is 0.171 e. The third-order valence-corrected chi connectivity index (χ3v) is 17.7. The van der Waals surface area contributed by atoms with Crippen molar-refractivity contribution in [3.63, 3.8) is 0 Å². The first kappa shape index (κ1) is 33.9. The Balaban J connectivity index is 1.54. The van der Waals surface area contributed by atoms with Gasteiger partial charge in [0, 0.05) is 37.2 Å². The maximum atomic E-state index is 16.5. The number of rotatable bonds is 6. The molecule has 256 valence electrons. The summed E-state index contributed by atoms with van der Waals surface area (Å²) in [5, 5.41) is 5.19. The van der Waals surface area contributed by atoms with E-state index >= 15 is 9.13 Å². The van der Waals surface area contributed by atoms with Crippen LogP contribution in [0, 0.1) is 13.8 Å². The molecule has 0 saturated carbocycles. The zero-order valence-electron chi connectivity index (χ0n) is 30.5. The number of hydrogen-bond acceptors (Lipinski definition) is 2. The van der Waals surface area contributed by atoms with Crippen LogP contribution in [-0.2, 0) is 25.4 Å². The standard InChI is InChI=1S/C47H46O2P2/c1-33-27-39-43(41(29-33)50(48,35-19-11-7-12-20-35)36-21-13-8-14-22-36)47(31-45(39,3)4)32-46(5,6)40-28-34(2)30-42(44(40)47)51(49,37-23-15-9-16-24-37)38-25-17-10-18-26-38/h7-30H,31-32H2,1-6H3. The minimum atomic E-state index is -3.38. The molecule has 8 rings (SSSR count). The smallest absolute Gasteiger partial charge is 0.171 e. The minimum Gasteiger partial charge on any atom is -0.309 e. The molecule has 0 N–H and O–H groups in total. The Bertz CT molecular complexity index is 2120. The van der Waals surface area contributed by atoms with Gasteiger partial charge in [-0.3, -0.25) is 0 Å². The number of aryl methyl sites for hydroxylation is 2. The highest BCUT2D eigenvalue weighted by atomic mass is 31.2. The Morgan fingerprint density at radius 3 is 0.980 bits per heavy atom. The minimum absolute atomic E-state index is 0.225. The molecular weight excluding hydrogens is 658 g/mol. The zero-order chi connectivity index (χ0) is 35.8. The summed E-state index contributed by atoms with van der Waals surface area (Å²) in [7, 11) is -6.77. The first-order valence-corrected chi connectivity index (χ1v) is 21.5. The molecule has 4 heteroatoms. The van der Waals surface area contributed by atoms with Gasteiger partial charge in [0.1, 0.15) is 0 Å². The third-order valence-electron chi connectivity index (χ3n) is 11.6. The van der Waals surface area contributed by atoms with Crippen LogP contribution in [-0.4, -0.2) is 0 Å². The normalized spacial score (nSPS) is 16.9. The molecule has 2 aliphatic carbocycles. The largest absolute Gasteiger partial charge is 0.309 e. The lowest BCUT2D eigenvalue weighted by Crippen LogP contribution is -2.38. The summed E-state index contributed by atoms with van der Waals surface area (Å²) in [5.41, 5.74) is 6.13. The zero-order valence-corrected chi connectivity index (χ0v) is 32.3. The molecule has 2 nitrogen and oxygen atoms in total. The van der Waals surface area contributed by atoms with Gasteiger partial charge in [-0.25, -0.2) is 0 Å². The van der Waals surface area contributed by atoms with Crippen molar-refractivity contribution in [2.75, 3.05) is 0 Å². The van der Waals surface area contributed by atoms with Crippen molar-refractivity contribution in [3.8, 4) is 0 Å². The van der Waals surface area contributed by atoms with E-state index in [0.717, 1.165) is 55.8 Å². The highest BCUT2D eigenvalue weighted by Crippen LogP contribution is 2.65. The lowest BCUT2D eigenvalue weighted by atomic mass is 9.72. The fraction of sp³-hybridized carbons (Fsp3) is 0.234. The van der Waals surface area contributed by atoms with Crippen molar-refractivity contribution in [2.24, 2.45) is 0 Å². The average molecular weight is 705 g/mol. The van der Waals surface area contributed by atoms with Crippen LogP contribution in [0.4, 0.5) is 0 Å². The first-order chi connectivity index (χ1) is 24.3. The van der Waals surface area contributed by atoms with E-state index < -0.39 is 19.7 Å². The molecule has 0 bridgehead atoms. The van der Waals surface area contributed by atoms with E-state index in [1.807, 2.05) is 121 Å². The lowest BCUT2D eigenvalue weighted by Gasteiger charge is -2.36. The van der Waals surface area contributed by atoms with Gasteiger partial charge in [-0.2, -0.15) is 0 Å². The summed E-state index contributed by atoms with van der Waals surface area (Å²) in [6, 6.07) is 49.5. The van der Waals surface area contributed by atoms with Gasteiger partial charge in [-0.15, -0.1) is 0 Å². The number of fused-ring (bicyclic) bond motifs is 4. The summed E-state index contributed by atoms with van der Waals surface area (Å²) in [6.45, 7) is 13.7. The molecule has 6 aromatic rings. The molecule has 2 aliphatic rings. The molecule has 0 unspecified atom stereocenters. The highest BCUT2D eigenvalue weighted by molar-refractivity contribution is 7.86. The van der Waals surface area contributed by atoms with Crippen molar-refractivity contribution < 1.29 is 9.13 Å². The summed E-state index contributed by atoms with van der Waals surface area (Å²) in [5.74, 6) is 0. The van der Waals surface area contributed by atoms with E-state index in [1.165, 1.54) is 22.3 Å². The van der Waals surface area contributed by atoms with Crippen molar-refractivity contribution >= 4 is 46.1 Å². The summed E-state index contributed by atoms with van der Waals surface area (Å²) < 4.78 is 33.0. The maximum absolute atomic E-state index is 16.5. The molecule has 0 heterocycles. The first-order valence-electron chi connectivity index (χ1n) is 18.1. The van der Waals surface area contributed by atoms with Crippen molar-refractivity contribution in [2.45, 2.75) is 70.6 Å². The van der Waals surface area contributed by atoms with E-state index in [-0.39, 0.29) is 10.8 Å². The molecule has 0 saturated heterocycles. The van der Waals surface area contributed by atoms with E-state index in [9.17, 15) is 0 Å². The van der Waals surface area contributed by atoms with E-state index in [0.29, 0.717) is 0 Å². The average Bonchev–Trinajstić information content (AvgIpc) is 3.50. The van der Waals surface area contributed by atoms with Crippen LogP contribution in [0.15, 0.2) is 146 Å². The fourth-order valence-electron chi connectivity index (χ4n) is 9.75. The summed E-state index contributed by atoms with van der Waals surface area (Å²) >= 11 is 0. The van der Waals surface area contributed by atoms with Crippen molar-refractivity contribution in [1.29, 1.82) is 0 Å². The second kappa shape index (κ2) is 11.9. The second-order valence-electron chi connectivity index (χ2n) is 16.2. The molecule has 0 atom stereocenters. The molecule has 6 aromatic carbocycles. The van der Waals surface area contributed by atoms with Gasteiger partial charge in [-0.1, -0.05) is 172 Å². The van der Waals surface area contributed by atoms with E-state index in [1.54, 1.807) is 0 Å². The van der Waals surface area contributed by atoms with Gasteiger partial charge in [0.25, 0.3) is 0 Å². The summed E-state index contributed by atoms with van der Waals surface area (Å²) in [4.78, 5) is 0. The monoisotopic (exact) mass is 704 g/mol. The predicted octanol–water partition coefficient (Wildman–Crippen LogP) is 9.23. The third kappa shape index (κ3) is 5.05. The number of benzene rings is 6. The van der Waals surface area contributed by atoms with E-state index in [2.05, 4.69) is 65.8 Å². The second-order valence-corrected chi connectivity index (χ2v) is 21.6. The van der Waals surface area contributed by atoms with Crippen LogP contribution in [0.1, 0.15) is 73.9 Å². The molecule has 0 radical (unpaired) electrons. The van der Waals surface area contributed by atoms with Gasteiger partial charge < -0.3 is 9.13 Å². The Morgan fingerprint density at radius 1 is 0.431 bits per heavy atom. The summed E-state index contributed by atoms with van der Waals surface area (Å²) in [6.07, 6.45) is 1.68. The van der Waals surface area contributed by atoms with Gasteiger partial charge >= 0.3 is 0 Å². The van der Waals surface area contributed by atoms with Gasteiger partial charge in [0.2, 0.25) is 0 Å². The Kier molecular flexibility index (Phi) is 7.92. The Hall–Kier alpha value is -4.22. The molecule has 51 heavy (non-hydrogen) atoms. The van der Waals surface area contributed by atoms with Crippen LogP contribution in [0.3, 0.4) is 0 Å². The van der Waals surface area contributed by atoms with Crippen LogP contribution < -0.4 is 31.8 Å². The SMILES string of the molecule is Cc1cc2c(c(P(=O)(c3ccccc3)c3ccccc3)c1)C1(CC2(C)C)CC(C)(C)c2cc(C)cc(P(=O)(c3ccccc3)c3ccccc3)c21. The van der Waals surface area contributed by atoms with Crippen molar-refractivity contribution in [1.82, 2.24) is 0 Å². The molecule has 1 spiro atoms. The predicted molar refractivity (Wildman–Crippen MR) is 217 cm³/mol. The highest BCUT2D eigenvalue weighted by Gasteiger charge is 2.60.